The van der Waals surface area contributed by atoms with Crippen molar-refractivity contribution in [1.29, 1.82) is 0 Å². The number of nitrogens with zero attached hydrogens (tertiary/aromatic N) is 2. The first-order valence-corrected chi connectivity index (χ1v) is 13.8. The second-order valence-electron chi connectivity index (χ2n) is 10.6. The molecule has 0 saturated carbocycles. The summed E-state index contributed by atoms with van der Waals surface area (Å²) in [6, 6.07) is 9.51. The Bertz CT molecular complexity index is 1170. The zero-order chi connectivity index (χ0) is 29.4. The number of amides is 3. The Morgan fingerprint density at radius 2 is 1.73 bits per heavy atom. The van der Waals surface area contributed by atoms with E-state index >= 15 is 0 Å². The molecule has 0 aromatic heterocycles. The smallest absolute Gasteiger partial charge is 0.246 e. The molecule has 0 bridgehead atoms. The van der Waals surface area contributed by atoms with E-state index in [-0.39, 0.29) is 49.4 Å². The number of aliphatic hydroxyl groups is 1. The first-order valence-electron chi connectivity index (χ1n) is 13.8. The van der Waals surface area contributed by atoms with E-state index in [2.05, 4.69) is 23.6 Å². The molecular weight excluding hydrogens is 518 g/mol. The highest BCUT2D eigenvalue weighted by Crippen LogP contribution is 2.19. The second kappa shape index (κ2) is 14.3. The van der Waals surface area contributed by atoms with Gasteiger partial charge >= 0.3 is 0 Å². The number of aliphatic hydroxyl groups excluding tert-OH is 1. The molecule has 218 valence electrons. The van der Waals surface area contributed by atoms with E-state index in [1.54, 1.807) is 6.92 Å². The fourth-order valence-corrected chi connectivity index (χ4v) is 5.12. The maximum absolute atomic E-state index is 13.9. The van der Waals surface area contributed by atoms with E-state index in [1.807, 2.05) is 32.0 Å². The number of benzene rings is 2. The van der Waals surface area contributed by atoms with Crippen LogP contribution < -0.4 is 10.6 Å². The number of hydrogen-bond acceptors (Lipinski definition) is 5. The van der Waals surface area contributed by atoms with Gasteiger partial charge in [0.05, 0.1) is 12.1 Å². The van der Waals surface area contributed by atoms with Gasteiger partial charge in [0.15, 0.2) is 0 Å². The number of piperazine rings is 1. The summed E-state index contributed by atoms with van der Waals surface area (Å²) in [6.45, 7) is 7.94. The van der Waals surface area contributed by atoms with Crippen LogP contribution in [0.25, 0.3) is 0 Å². The zero-order valence-electron chi connectivity index (χ0n) is 23.6. The highest BCUT2D eigenvalue weighted by Gasteiger charge is 2.41. The van der Waals surface area contributed by atoms with Gasteiger partial charge in [0.1, 0.15) is 30.8 Å². The highest BCUT2D eigenvalue weighted by atomic mass is 19.1. The van der Waals surface area contributed by atoms with Crippen molar-refractivity contribution >= 4 is 17.7 Å². The number of nitrogens with one attached hydrogen (secondary N) is 2. The third kappa shape index (κ3) is 8.32. The second-order valence-corrected chi connectivity index (χ2v) is 10.6. The van der Waals surface area contributed by atoms with Crippen molar-refractivity contribution in [3.63, 3.8) is 0 Å². The van der Waals surface area contributed by atoms with E-state index < -0.39 is 35.7 Å². The van der Waals surface area contributed by atoms with Gasteiger partial charge in [-0.2, -0.15) is 0 Å². The molecule has 8 nitrogen and oxygen atoms in total. The Hall–Kier alpha value is -3.37. The Labute approximate surface area is 234 Å². The van der Waals surface area contributed by atoms with Gasteiger partial charge in [-0.05, 0) is 54.5 Å². The Kier molecular flexibility index (Phi) is 11.2. The van der Waals surface area contributed by atoms with Gasteiger partial charge in [-0.3, -0.25) is 14.4 Å². The summed E-state index contributed by atoms with van der Waals surface area (Å²) in [5.74, 6) is -2.79. The molecule has 3 atom stereocenters. The van der Waals surface area contributed by atoms with Gasteiger partial charge in [0.25, 0.3) is 0 Å². The maximum Gasteiger partial charge on any atom is 0.246 e. The van der Waals surface area contributed by atoms with Crippen LogP contribution in [0, 0.1) is 17.6 Å². The van der Waals surface area contributed by atoms with Gasteiger partial charge in [-0.25, -0.2) is 8.78 Å². The summed E-state index contributed by atoms with van der Waals surface area (Å²) in [6.07, 6.45) is -0.254. The number of carbonyl (C=O) groups excluding carboxylic acids is 3. The molecule has 0 unspecified atom stereocenters. The van der Waals surface area contributed by atoms with Crippen molar-refractivity contribution in [2.45, 2.75) is 65.3 Å². The number of likely N-dealkylation sites (N-methyl/N-ethyl adjacent to an activating group) is 1. The number of halogens is 2. The first-order chi connectivity index (χ1) is 19.0. The van der Waals surface area contributed by atoms with Crippen molar-refractivity contribution in [3.8, 4) is 0 Å². The van der Waals surface area contributed by atoms with Crippen molar-refractivity contribution in [1.82, 2.24) is 20.4 Å². The Balaban J connectivity index is 1.70. The fourth-order valence-electron chi connectivity index (χ4n) is 5.12. The SMILES string of the molecule is CCc1cccc(CNC[C@@H](O)[C@H](Cc2cc(F)cc(F)c2)NC(=O)CN2CC(=O)N(CC)[C@H](C(C)C)C2=O)c1. The first kappa shape index (κ1) is 31.2. The van der Waals surface area contributed by atoms with Gasteiger partial charge in [-0.15, -0.1) is 0 Å². The van der Waals surface area contributed by atoms with Crippen LogP contribution in [0.1, 0.15) is 44.4 Å². The molecule has 1 aliphatic heterocycles. The number of rotatable bonds is 13. The number of aryl methyl sites for hydroxylation is 1. The van der Waals surface area contributed by atoms with Crippen molar-refractivity contribution in [2.75, 3.05) is 26.2 Å². The summed E-state index contributed by atoms with van der Waals surface area (Å²) in [5, 5.41) is 16.9. The third-order valence-electron chi connectivity index (χ3n) is 7.12. The minimum atomic E-state index is -1.11. The number of carbonyl (C=O) groups is 3. The van der Waals surface area contributed by atoms with Gasteiger partial charge in [0.2, 0.25) is 17.7 Å². The summed E-state index contributed by atoms with van der Waals surface area (Å²) >= 11 is 0. The van der Waals surface area contributed by atoms with Crippen molar-refractivity contribution < 1.29 is 28.3 Å². The van der Waals surface area contributed by atoms with Gasteiger partial charge in [-0.1, -0.05) is 45.0 Å². The van der Waals surface area contributed by atoms with Gasteiger partial charge in [0, 0.05) is 25.7 Å². The zero-order valence-corrected chi connectivity index (χ0v) is 23.6. The molecular formula is C30H40F2N4O4. The van der Waals surface area contributed by atoms with Crippen LogP contribution in [0.2, 0.25) is 0 Å². The van der Waals surface area contributed by atoms with Crippen LogP contribution in [0.4, 0.5) is 8.78 Å². The van der Waals surface area contributed by atoms with E-state index in [1.165, 1.54) is 15.4 Å². The molecule has 0 spiro atoms. The van der Waals surface area contributed by atoms with Gasteiger partial charge < -0.3 is 25.5 Å². The molecule has 0 aliphatic carbocycles. The van der Waals surface area contributed by atoms with Crippen LogP contribution in [-0.2, 0) is 33.8 Å². The highest BCUT2D eigenvalue weighted by molar-refractivity contribution is 5.97. The third-order valence-corrected chi connectivity index (χ3v) is 7.12. The van der Waals surface area contributed by atoms with Crippen LogP contribution >= 0.6 is 0 Å². The molecule has 1 heterocycles. The predicted octanol–water partition coefficient (Wildman–Crippen LogP) is 2.42. The fraction of sp³-hybridized carbons (Fsp3) is 0.500. The molecule has 1 aliphatic rings. The molecule has 2 aromatic rings. The van der Waals surface area contributed by atoms with Crippen LogP contribution in [0.15, 0.2) is 42.5 Å². The largest absolute Gasteiger partial charge is 0.390 e. The Morgan fingerprint density at radius 1 is 1.05 bits per heavy atom. The molecule has 0 radical (unpaired) electrons. The molecule has 10 heteroatoms. The molecule has 3 amide bonds. The summed E-state index contributed by atoms with van der Waals surface area (Å²) in [5.41, 5.74) is 2.49. The van der Waals surface area contributed by atoms with Crippen molar-refractivity contribution in [2.24, 2.45) is 5.92 Å². The molecule has 40 heavy (non-hydrogen) atoms. The monoisotopic (exact) mass is 558 g/mol. The minimum absolute atomic E-state index is 0.0420. The molecule has 1 saturated heterocycles. The average molecular weight is 559 g/mol. The predicted molar refractivity (Wildman–Crippen MR) is 148 cm³/mol. The number of hydrogen-bond donors (Lipinski definition) is 3. The molecule has 1 fully saturated rings. The quantitative estimate of drug-likeness (QED) is 0.351. The lowest BCUT2D eigenvalue weighted by atomic mass is 9.98. The minimum Gasteiger partial charge on any atom is -0.390 e. The van der Waals surface area contributed by atoms with Crippen LogP contribution in [0.3, 0.4) is 0 Å². The van der Waals surface area contributed by atoms with Crippen LogP contribution in [-0.4, -0.2) is 77.0 Å². The summed E-state index contributed by atoms with van der Waals surface area (Å²) in [7, 11) is 0. The standard InChI is InChI=1S/C30H40F2N4O4/c1-5-20-8-7-9-21(10-20)15-33-16-26(37)25(13-22-11-23(31)14-24(32)12-22)34-27(38)17-35-18-28(39)36(6-2)29(19(3)4)30(35)40/h7-12,14,19,25-26,29,33,37H,5-6,13,15-18H2,1-4H3,(H,34,38)/t25-,26+,29+/m0/s1. The lowest BCUT2D eigenvalue weighted by molar-refractivity contribution is -0.158. The van der Waals surface area contributed by atoms with E-state index in [0.717, 1.165) is 30.2 Å². The van der Waals surface area contributed by atoms with Crippen molar-refractivity contribution in [3.05, 3.63) is 70.8 Å². The maximum atomic E-state index is 13.9. The summed E-state index contributed by atoms with van der Waals surface area (Å²) < 4.78 is 27.7. The van der Waals surface area contributed by atoms with Crippen LogP contribution in [0.5, 0.6) is 0 Å². The molecule has 3 rings (SSSR count). The molecule has 3 N–H and O–H groups in total. The topological polar surface area (TPSA) is 102 Å². The normalized spacial score (nSPS) is 17.4. The molecule has 2 aromatic carbocycles. The van der Waals surface area contributed by atoms with E-state index in [9.17, 15) is 28.3 Å². The lowest BCUT2D eigenvalue weighted by Gasteiger charge is -2.41. The average Bonchev–Trinajstić information content (AvgIpc) is 2.89. The van der Waals surface area contributed by atoms with E-state index in [4.69, 9.17) is 0 Å². The lowest BCUT2D eigenvalue weighted by Crippen LogP contribution is -2.63. The summed E-state index contributed by atoms with van der Waals surface area (Å²) in [4.78, 5) is 41.6. The Morgan fingerprint density at radius 3 is 2.35 bits per heavy atom. The van der Waals surface area contributed by atoms with E-state index in [0.29, 0.717) is 13.1 Å².